The van der Waals surface area contributed by atoms with Crippen molar-refractivity contribution in [2.75, 3.05) is 13.7 Å². The summed E-state index contributed by atoms with van der Waals surface area (Å²) in [4.78, 5) is 23.6. The van der Waals surface area contributed by atoms with Gasteiger partial charge >= 0.3 is 5.97 Å². The summed E-state index contributed by atoms with van der Waals surface area (Å²) in [5.74, 6) is 0.191. The Morgan fingerprint density at radius 3 is 2.24 bits per heavy atom. The summed E-state index contributed by atoms with van der Waals surface area (Å²) in [6, 6.07) is 24.6. The van der Waals surface area contributed by atoms with Gasteiger partial charge in [-0.05, 0) is 48.2 Å². The maximum atomic E-state index is 12.5. The average molecular weight is 457 g/mol. The highest BCUT2D eigenvalue weighted by Crippen LogP contribution is 2.42. The minimum absolute atomic E-state index is 0.00675. The number of allylic oxidation sites excluding steroid dienone is 2. The molecule has 3 aromatic carbocycles. The van der Waals surface area contributed by atoms with Crippen LogP contribution < -0.4 is 4.74 Å². The Hall–Kier alpha value is -3.70. The second kappa shape index (κ2) is 10.9. The van der Waals surface area contributed by atoms with Gasteiger partial charge in [0.15, 0.2) is 11.9 Å². The zero-order valence-corrected chi connectivity index (χ0v) is 19.1. The molecule has 0 saturated heterocycles. The zero-order valence-electron chi connectivity index (χ0n) is 19.1. The van der Waals surface area contributed by atoms with E-state index in [1.807, 2.05) is 54.6 Å². The molecule has 1 aliphatic rings. The van der Waals surface area contributed by atoms with E-state index in [9.17, 15) is 9.59 Å². The molecular formula is C29H28O5. The SMILES string of the molecule is CO[C@@H](Cc1ccc(C2C=C2CCCOc2ccc(C(=O)c3ccccc3)cc2)cc1)C(=O)O. The van der Waals surface area contributed by atoms with Crippen LogP contribution in [0.25, 0.3) is 0 Å². The first-order valence-corrected chi connectivity index (χ1v) is 11.4. The van der Waals surface area contributed by atoms with Crippen molar-refractivity contribution in [3.63, 3.8) is 0 Å². The summed E-state index contributed by atoms with van der Waals surface area (Å²) in [7, 11) is 1.42. The van der Waals surface area contributed by atoms with Gasteiger partial charge in [0.25, 0.3) is 0 Å². The fourth-order valence-corrected chi connectivity index (χ4v) is 3.99. The van der Waals surface area contributed by atoms with Crippen LogP contribution in [0.5, 0.6) is 5.75 Å². The first-order chi connectivity index (χ1) is 16.5. The van der Waals surface area contributed by atoms with Crippen LogP contribution in [0.4, 0.5) is 0 Å². The van der Waals surface area contributed by atoms with Crippen molar-refractivity contribution in [1.82, 2.24) is 0 Å². The van der Waals surface area contributed by atoms with Gasteiger partial charge in [0.1, 0.15) is 5.75 Å². The van der Waals surface area contributed by atoms with Crippen LogP contribution in [0.3, 0.4) is 0 Å². The first-order valence-electron chi connectivity index (χ1n) is 11.4. The second-order valence-corrected chi connectivity index (χ2v) is 8.40. The highest BCUT2D eigenvalue weighted by Gasteiger charge is 2.25. The number of ketones is 1. The molecule has 0 fully saturated rings. The van der Waals surface area contributed by atoms with Crippen molar-refractivity contribution >= 4 is 11.8 Å². The third-order valence-electron chi connectivity index (χ3n) is 6.02. The normalized spacial score (nSPS) is 15.3. The van der Waals surface area contributed by atoms with Crippen LogP contribution in [0.1, 0.15) is 45.8 Å². The number of carboxylic acids is 1. The summed E-state index contributed by atoms with van der Waals surface area (Å²) in [6.45, 7) is 0.614. The lowest BCUT2D eigenvalue weighted by atomic mass is 10.0. The average Bonchev–Trinajstić information content (AvgIpc) is 3.65. The predicted molar refractivity (Wildman–Crippen MR) is 130 cm³/mol. The van der Waals surface area contributed by atoms with Crippen molar-refractivity contribution in [2.24, 2.45) is 0 Å². The van der Waals surface area contributed by atoms with Gasteiger partial charge in [0.2, 0.25) is 0 Å². The zero-order chi connectivity index (χ0) is 23.9. The molecule has 1 aliphatic carbocycles. The number of hydrogen-bond donors (Lipinski definition) is 1. The Balaban J connectivity index is 1.18. The summed E-state index contributed by atoms with van der Waals surface area (Å²) < 4.78 is 10.9. The van der Waals surface area contributed by atoms with Crippen LogP contribution >= 0.6 is 0 Å². The molecule has 0 heterocycles. The smallest absolute Gasteiger partial charge is 0.333 e. The molecule has 5 nitrogen and oxygen atoms in total. The predicted octanol–water partition coefficient (Wildman–Crippen LogP) is 5.44. The first kappa shape index (κ1) is 23.5. The number of methoxy groups -OCH3 is 1. The summed E-state index contributed by atoms with van der Waals surface area (Å²) >= 11 is 0. The van der Waals surface area contributed by atoms with Crippen LogP contribution in [-0.4, -0.2) is 36.7 Å². The van der Waals surface area contributed by atoms with Crippen molar-refractivity contribution in [3.8, 4) is 5.75 Å². The number of carboxylic acid groups (broad SMARTS) is 1. The second-order valence-electron chi connectivity index (χ2n) is 8.40. The van der Waals surface area contributed by atoms with Crippen LogP contribution in [0, 0.1) is 0 Å². The van der Waals surface area contributed by atoms with Gasteiger partial charge in [-0.2, -0.15) is 0 Å². The molecule has 0 saturated carbocycles. The van der Waals surface area contributed by atoms with Gasteiger partial charge in [-0.3, -0.25) is 4.79 Å². The number of benzene rings is 3. The Morgan fingerprint density at radius 2 is 1.59 bits per heavy atom. The van der Waals surface area contributed by atoms with Gasteiger partial charge in [0, 0.05) is 30.6 Å². The van der Waals surface area contributed by atoms with Crippen molar-refractivity contribution < 1.29 is 24.2 Å². The van der Waals surface area contributed by atoms with E-state index in [4.69, 9.17) is 14.6 Å². The fourth-order valence-electron chi connectivity index (χ4n) is 3.99. The third kappa shape index (κ3) is 6.00. The van der Waals surface area contributed by atoms with Crippen LogP contribution in [0.15, 0.2) is 90.5 Å². The molecule has 4 rings (SSSR count). The molecule has 0 aromatic heterocycles. The lowest BCUT2D eigenvalue weighted by Crippen LogP contribution is -2.24. The number of aliphatic carboxylic acids is 1. The quantitative estimate of drug-likeness (QED) is 0.223. The molecule has 3 aromatic rings. The highest BCUT2D eigenvalue weighted by molar-refractivity contribution is 6.08. The summed E-state index contributed by atoms with van der Waals surface area (Å²) in [5.41, 5.74) is 4.90. The fraction of sp³-hybridized carbons (Fsp3) is 0.241. The number of carbonyl (C=O) groups is 2. The van der Waals surface area contributed by atoms with E-state index in [1.54, 1.807) is 12.1 Å². The lowest BCUT2D eigenvalue weighted by Gasteiger charge is -2.11. The topological polar surface area (TPSA) is 72.8 Å². The van der Waals surface area contributed by atoms with Crippen molar-refractivity contribution in [1.29, 1.82) is 0 Å². The third-order valence-corrected chi connectivity index (χ3v) is 6.02. The Bertz CT molecular complexity index is 1150. The Labute approximate surface area is 199 Å². The van der Waals surface area contributed by atoms with E-state index in [0.717, 1.165) is 24.2 Å². The minimum Gasteiger partial charge on any atom is -0.494 e. The van der Waals surface area contributed by atoms with Crippen LogP contribution in [0.2, 0.25) is 0 Å². The lowest BCUT2D eigenvalue weighted by molar-refractivity contribution is -0.148. The maximum absolute atomic E-state index is 12.5. The molecule has 0 aliphatic heterocycles. The molecule has 0 radical (unpaired) electrons. The molecule has 174 valence electrons. The summed E-state index contributed by atoms with van der Waals surface area (Å²) in [6.07, 6.45) is 3.69. The molecule has 1 N–H and O–H groups in total. The monoisotopic (exact) mass is 456 g/mol. The number of rotatable bonds is 12. The molecular weight excluding hydrogens is 428 g/mol. The van der Waals surface area contributed by atoms with Crippen molar-refractivity contribution in [3.05, 3.63) is 113 Å². The van der Waals surface area contributed by atoms with Gasteiger partial charge in [-0.1, -0.05) is 66.2 Å². The van der Waals surface area contributed by atoms with E-state index in [-0.39, 0.29) is 5.78 Å². The van der Waals surface area contributed by atoms with E-state index < -0.39 is 12.1 Å². The largest absolute Gasteiger partial charge is 0.494 e. The molecule has 2 atom stereocenters. The highest BCUT2D eigenvalue weighted by atomic mass is 16.5. The van der Waals surface area contributed by atoms with E-state index in [0.29, 0.717) is 30.1 Å². The van der Waals surface area contributed by atoms with E-state index in [1.165, 1.54) is 18.2 Å². The van der Waals surface area contributed by atoms with Gasteiger partial charge in [0.05, 0.1) is 6.61 Å². The number of hydrogen-bond acceptors (Lipinski definition) is 4. The van der Waals surface area contributed by atoms with Gasteiger partial charge < -0.3 is 14.6 Å². The van der Waals surface area contributed by atoms with Gasteiger partial charge in [-0.25, -0.2) is 4.79 Å². The minimum atomic E-state index is -0.948. The van der Waals surface area contributed by atoms with Crippen LogP contribution in [-0.2, 0) is 16.0 Å². The standard InChI is InChI=1S/C29H28O5/c1-33-27(29(31)32)18-20-9-11-21(12-10-20)26-19-24(26)8-5-17-34-25-15-13-23(14-16-25)28(30)22-6-3-2-4-7-22/h2-4,6-7,9-16,19,26-27H,5,8,17-18H2,1H3,(H,31,32)/t26?,27-/m0/s1. The molecule has 34 heavy (non-hydrogen) atoms. The summed E-state index contributed by atoms with van der Waals surface area (Å²) in [5, 5.41) is 9.12. The van der Waals surface area contributed by atoms with Gasteiger partial charge in [-0.15, -0.1) is 0 Å². The van der Waals surface area contributed by atoms with E-state index in [2.05, 4.69) is 18.2 Å². The van der Waals surface area contributed by atoms with Crippen molar-refractivity contribution in [2.45, 2.75) is 31.3 Å². The molecule has 1 unspecified atom stereocenters. The number of carbonyl (C=O) groups excluding carboxylic acids is 1. The molecule has 0 bridgehead atoms. The maximum Gasteiger partial charge on any atom is 0.333 e. The van der Waals surface area contributed by atoms with E-state index >= 15 is 0 Å². The Morgan fingerprint density at radius 1 is 0.912 bits per heavy atom. The molecule has 0 amide bonds. The number of ether oxygens (including phenoxy) is 2. The molecule has 0 spiro atoms. The Kier molecular flexibility index (Phi) is 7.55. The molecule has 5 heteroatoms.